The molecule has 3 unspecified atom stereocenters. The van der Waals surface area contributed by atoms with E-state index >= 15 is 0 Å². The molecule has 0 aliphatic heterocycles. The molecule has 0 aromatic rings. The second-order valence-electron chi connectivity index (χ2n) is 5.10. The standard InChI is InChI=1S/C9H16N2O5.C5H11NO2S.C2H6/c1-5(14)7(3-12)11-9(16)8(4-13)10-6(2)15;1-4(2-7)6-5(8)3-9;1-2/h7-8,12-13H,3-4H2,1-2H3,(H,10,15)(H,11,16);4,7,9H,2-3H2,1H3,(H,6,8);1-2H3. The number of Topliss-reactive ketones (excluding diaryl/α,β-unsaturated/α-hetero) is 1. The van der Waals surface area contributed by atoms with Crippen LogP contribution in [0, 0.1) is 0 Å². The second-order valence-corrected chi connectivity index (χ2v) is 5.42. The second kappa shape index (κ2) is 19.1. The summed E-state index contributed by atoms with van der Waals surface area (Å²) in [6, 6.07) is -2.30. The topological polar surface area (TPSA) is 165 Å². The number of amides is 3. The first-order valence-corrected chi connectivity index (χ1v) is 9.06. The van der Waals surface area contributed by atoms with Crippen LogP contribution in [0.1, 0.15) is 34.6 Å². The zero-order valence-corrected chi connectivity index (χ0v) is 17.4. The molecule has 0 radical (unpaired) electrons. The van der Waals surface area contributed by atoms with Crippen LogP contribution in [0.3, 0.4) is 0 Å². The summed E-state index contributed by atoms with van der Waals surface area (Å²) in [5.41, 5.74) is 0. The maximum absolute atomic E-state index is 11.4. The monoisotopic (exact) mass is 411 g/mol. The summed E-state index contributed by atoms with van der Waals surface area (Å²) in [5.74, 6) is -1.58. The van der Waals surface area contributed by atoms with Crippen molar-refractivity contribution < 1.29 is 34.5 Å². The molecular weight excluding hydrogens is 378 g/mol. The third-order valence-electron chi connectivity index (χ3n) is 2.69. The Morgan fingerprint density at radius 1 is 0.852 bits per heavy atom. The predicted octanol–water partition coefficient (Wildman–Crippen LogP) is -2.01. The summed E-state index contributed by atoms with van der Waals surface area (Å²) in [7, 11) is 0. The molecule has 160 valence electrons. The van der Waals surface area contributed by atoms with Gasteiger partial charge in [-0.25, -0.2) is 0 Å². The van der Waals surface area contributed by atoms with E-state index in [1.165, 1.54) is 13.8 Å². The van der Waals surface area contributed by atoms with Crippen molar-refractivity contribution in [1.82, 2.24) is 16.0 Å². The lowest BCUT2D eigenvalue weighted by atomic mass is 10.2. The van der Waals surface area contributed by atoms with E-state index < -0.39 is 42.9 Å². The molecule has 0 aliphatic rings. The van der Waals surface area contributed by atoms with Crippen molar-refractivity contribution in [2.75, 3.05) is 25.6 Å². The normalized spacial score (nSPS) is 12.6. The third kappa shape index (κ3) is 17.5. The molecule has 11 heteroatoms. The highest BCUT2D eigenvalue weighted by atomic mass is 32.1. The van der Waals surface area contributed by atoms with Crippen LogP contribution >= 0.6 is 12.6 Å². The molecule has 0 fully saturated rings. The van der Waals surface area contributed by atoms with E-state index in [1.807, 2.05) is 13.8 Å². The maximum Gasteiger partial charge on any atom is 0.245 e. The number of carbonyl (C=O) groups is 4. The zero-order valence-electron chi connectivity index (χ0n) is 16.5. The van der Waals surface area contributed by atoms with Gasteiger partial charge in [0.2, 0.25) is 17.7 Å². The largest absolute Gasteiger partial charge is 0.394 e. The van der Waals surface area contributed by atoms with Gasteiger partial charge in [-0.05, 0) is 13.8 Å². The lowest BCUT2D eigenvalue weighted by Crippen LogP contribution is -2.53. The SMILES string of the molecule is CC.CC(=O)NC(CO)C(=O)NC(CO)C(C)=O.CC(CO)NC(=O)CS. The number of hydrogen-bond donors (Lipinski definition) is 7. The molecule has 0 saturated heterocycles. The number of nitrogens with one attached hydrogen (secondary N) is 3. The van der Waals surface area contributed by atoms with Crippen LogP contribution < -0.4 is 16.0 Å². The van der Waals surface area contributed by atoms with Crippen LogP contribution in [0.4, 0.5) is 0 Å². The minimum Gasteiger partial charge on any atom is -0.394 e. The molecular formula is C16H33N3O7S. The lowest BCUT2D eigenvalue weighted by Gasteiger charge is -2.18. The lowest BCUT2D eigenvalue weighted by molar-refractivity contribution is -0.132. The fourth-order valence-electron chi connectivity index (χ4n) is 1.35. The molecule has 0 aromatic heterocycles. The van der Waals surface area contributed by atoms with Gasteiger partial charge >= 0.3 is 0 Å². The molecule has 0 saturated carbocycles. The molecule has 6 N–H and O–H groups in total. The van der Waals surface area contributed by atoms with Crippen molar-refractivity contribution in [1.29, 1.82) is 0 Å². The average molecular weight is 412 g/mol. The summed E-state index contributed by atoms with van der Waals surface area (Å²) in [6.07, 6.45) is 0. The van der Waals surface area contributed by atoms with Crippen molar-refractivity contribution in [3.05, 3.63) is 0 Å². The van der Waals surface area contributed by atoms with Gasteiger partial charge in [-0.3, -0.25) is 19.2 Å². The van der Waals surface area contributed by atoms with Gasteiger partial charge in [0.05, 0.1) is 25.6 Å². The number of ketones is 1. The third-order valence-corrected chi connectivity index (χ3v) is 2.98. The highest BCUT2D eigenvalue weighted by Crippen LogP contribution is 1.89. The molecule has 0 rings (SSSR count). The Balaban J connectivity index is -0.000000444. The minimum absolute atomic E-state index is 0.0283. The number of rotatable bonds is 9. The van der Waals surface area contributed by atoms with Gasteiger partial charge in [0.1, 0.15) is 12.1 Å². The summed E-state index contributed by atoms with van der Waals surface area (Å²) < 4.78 is 0. The first-order chi connectivity index (χ1) is 12.6. The van der Waals surface area contributed by atoms with E-state index in [0.717, 1.165) is 0 Å². The van der Waals surface area contributed by atoms with Crippen LogP contribution in [0.25, 0.3) is 0 Å². The summed E-state index contributed by atoms with van der Waals surface area (Å²) in [4.78, 5) is 43.5. The Kier molecular flexibility index (Phi) is 21.2. The number of aliphatic hydroxyl groups is 3. The minimum atomic E-state index is -1.12. The van der Waals surface area contributed by atoms with Crippen LogP contribution in [-0.4, -0.2) is 82.5 Å². The molecule has 0 spiro atoms. The van der Waals surface area contributed by atoms with Crippen LogP contribution in [-0.2, 0) is 19.2 Å². The maximum atomic E-state index is 11.4. The van der Waals surface area contributed by atoms with Crippen LogP contribution in [0.2, 0.25) is 0 Å². The Hall–Kier alpha value is -1.69. The van der Waals surface area contributed by atoms with Gasteiger partial charge in [0.15, 0.2) is 5.78 Å². The van der Waals surface area contributed by atoms with Gasteiger partial charge < -0.3 is 31.3 Å². The van der Waals surface area contributed by atoms with Crippen LogP contribution in [0.15, 0.2) is 0 Å². The van der Waals surface area contributed by atoms with E-state index in [2.05, 4.69) is 28.6 Å². The van der Waals surface area contributed by atoms with Crippen molar-refractivity contribution in [3.63, 3.8) is 0 Å². The number of thiol groups is 1. The van der Waals surface area contributed by atoms with E-state index in [4.69, 9.17) is 15.3 Å². The Labute approximate surface area is 165 Å². The smallest absolute Gasteiger partial charge is 0.245 e. The van der Waals surface area contributed by atoms with Gasteiger partial charge in [-0.2, -0.15) is 12.6 Å². The highest BCUT2D eigenvalue weighted by Gasteiger charge is 2.23. The summed E-state index contributed by atoms with van der Waals surface area (Å²) in [5, 5.41) is 33.0. The molecule has 3 amide bonds. The van der Waals surface area contributed by atoms with E-state index in [-0.39, 0.29) is 24.3 Å². The van der Waals surface area contributed by atoms with E-state index in [9.17, 15) is 19.2 Å². The van der Waals surface area contributed by atoms with E-state index in [0.29, 0.717) is 0 Å². The molecule has 3 atom stereocenters. The first kappa shape index (κ1) is 30.1. The van der Waals surface area contributed by atoms with Crippen molar-refractivity contribution in [2.45, 2.75) is 52.7 Å². The first-order valence-electron chi connectivity index (χ1n) is 8.43. The van der Waals surface area contributed by atoms with Gasteiger partial charge in [0, 0.05) is 13.0 Å². The van der Waals surface area contributed by atoms with Crippen LogP contribution in [0.5, 0.6) is 0 Å². The quantitative estimate of drug-likeness (QED) is 0.215. The van der Waals surface area contributed by atoms with E-state index in [1.54, 1.807) is 6.92 Å². The fraction of sp³-hybridized carbons (Fsp3) is 0.750. The van der Waals surface area contributed by atoms with Crippen molar-refractivity contribution in [3.8, 4) is 0 Å². The van der Waals surface area contributed by atoms with Gasteiger partial charge in [-0.1, -0.05) is 13.8 Å². The van der Waals surface area contributed by atoms with Gasteiger partial charge in [-0.15, -0.1) is 0 Å². The predicted molar refractivity (Wildman–Crippen MR) is 104 cm³/mol. The average Bonchev–Trinajstić information content (AvgIpc) is 2.65. The Morgan fingerprint density at radius 3 is 1.63 bits per heavy atom. The molecule has 0 bridgehead atoms. The molecule has 10 nitrogen and oxygen atoms in total. The number of hydrogen-bond acceptors (Lipinski definition) is 8. The molecule has 0 heterocycles. The number of carbonyl (C=O) groups excluding carboxylic acids is 4. The molecule has 27 heavy (non-hydrogen) atoms. The Morgan fingerprint density at radius 2 is 1.33 bits per heavy atom. The van der Waals surface area contributed by atoms with Crippen molar-refractivity contribution in [2.24, 2.45) is 0 Å². The van der Waals surface area contributed by atoms with Gasteiger partial charge in [0.25, 0.3) is 0 Å². The molecule has 0 aliphatic carbocycles. The highest BCUT2D eigenvalue weighted by molar-refractivity contribution is 7.81. The fourth-order valence-corrected chi connectivity index (χ4v) is 1.45. The molecule has 0 aromatic carbocycles. The van der Waals surface area contributed by atoms with Crippen molar-refractivity contribution >= 4 is 36.1 Å². The summed E-state index contributed by atoms with van der Waals surface area (Å²) in [6.45, 7) is 7.00. The summed E-state index contributed by atoms with van der Waals surface area (Å²) >= 11 is 3.74. The Bertz CT molecular complexity index is 450. The number of aliphatic hydroxyl groups excluding tert-OH is 3. The zero-order chi connectivity index (χ0) is 22.0.